The Balaban J connectivity index is 1.50. The number of carbonyl (C=O) groups excluding carboxylic acids is 2. The highest BCUT2D eigenvalue weighted by Gasteiger charge is 2.34. The maximum Gasteiger partial charge on any atom is 0.230 e. The number of likely N-dealkylation sites (tertiary alicyclic amines) is 1. The fraction of sp³-hybridized carbons (Fsp3) is 0.421. The van der Waals surface area contributed by atoms with Crippen LogP contribution in [0.4, 0.5) is 5.82 Å². The Labute approximate surface area is 158 Å². The van der Waals surface area contributed by atoms with Crippen molar-refractivity contribution in [2.24, 2.45) is 13.0 Å². The van der Waals surface area contributed by atoms with E-state index in [1.807, 2.05) is 38.2 Å². The van der Waals surface area contributed by atoms with Gasteiger partial charge in [0.15, 0.2) is 17.3 Å². The van der Waals surface area contributed by atoms with Gasteiger partial charge < -0.3 is 19.7 Å². The van der Waals surface area contributed by atoms with Crippen LogP contribution in [-0.4, -0.2) is 53.3 Å². The molecule has 1 fully saturated rings. The van der Waals surface area contributed by atoms with Gasteiger partial charge in [0, 0.05) is 31.8 Å². The molecule has 144 valence electrons. The van der Waals surface area contributed by atoms with Crippen LogP contribution in [-0.2, 0) is 16.6 Å². The van der Waals surface area contributed by atoms with Crippen LogP contribution in [0.15, 0.2) is 30.3 Å². The van der Waals surface area contributed by atoms with Crippen LogP contribution in [0, 0.1) is 12.8 Å². The Bertz CT molecular complexity index is 813. The zero-order valence-electron chi connectivity index (χ0n) is 15.8. The fourth-order valence-corrected chi connectivity index (χ4v) is 3.02. The first-order valence-corrected chi connectivity index (χ1v) is 8.83. The lowest BCUT2D eigenvalue weighted by molar-refractivity contribution is -0.128. The second-order valence-electron chi connectivity index (χ2n) is 6.52. The van der Waals surface area contributed by atoms with Crippen molar-refractivity contribution in [2.75, 3.05) is 32.1 Å². The summed E-state index contributed by atoms with van der Waals surface area (Å²) >= 11 is 0. The standard InChI is InChI=1S/C19H24N4O4/c1-13-10-17(21-22(13)2)20-19(25)14-11-18(24)23(12-14)8-9-27-16-7-5-4-6-15(16)26-3/h4-7,10,14H,8-9,11-12H2,1-3H3,(H,20,21,25)/t14-/m1/s1. The number of hydrogen-bond donors (Lipinski definition) is 1. The van der Waals surface area contributed by atoms with Crippen molar-refractivity contribution in [1.29, 1.82) is 0 Å². The number of benzene rings is 1. The zero-order valence-corrected chi connectivity index (χ0v) is 15.8. The molecule has 2 aromatic rings. The van der Waals surface area contributed by atoms with Crippen LogP contribution in [0.25, 0.3) is 0 Å². The molecule has 1 aromatic carbocycles. The van der Waals surface area contributed by atoms with E-state index in [2.05, 4.69) is 10.4 Å². The van der Waals surface area contributed by atoms with Gasteiger partial charge in [-0.25, -0.2) is 0 Å². The first-order valence-electron chi connectivity index (χ1n) is 8.83. The van der Waals surface area contributed by atoms with E-state index in [4.69, 9.17) is 9.47 Å². The van der Waals surface area contributed by atoms with Crippen molar-refractivity contribution in [1.82, 2.24) is 14.7 Å². The van der Waals surface area contributed by atoms with Gasteiger partial charge in [-0.15, -0.1) is 0 Å². The minimum atomic E-state index is -0.383. The molecule has 0 bridgehead atoms. The topological polar surface area (TPSA) is 85.7 Å². The Morgan fingerprint density at radius 1 is 1.33 bits per heavy atom. The zero-order chi connectivity index (χ0) is 19.4. The predicted octanol–water partition coefficient (Wildman–Crippen LogP) is 1.60. The Kier molecular flexibility index (Phi) is 5.63. The molecule has 0 aliphatic carbocycles. The first kappa shape index (κ1) is 18.8. The van der Waals surface area contributed by atoms with Crippen molar-refractivity contribution < 1.29 is 19.1 Å². The van der Waals surface area contributed by atoms with Gasteiger partial charge in [-0.3, -0.25) is 14.3 Å². The number of aryl methyl sites for hydroxylation is 2. The van der Waals surface area contributed by atoms with Crippen LogP contribution in [0.5, 0.6) is 11.5 Å². The number of anilines is 1. The van der Waals surface area contributed by atoms with Crippen molar-refractivity contribution in [3.05, 3.63) is 36.0 Å². The number of hydrogen-bond acceptors (Lipinski definition) is 5. The van der Waals surface area contributed by atoms with Crippen molar-refractivity contribution >= 4 is 17.6 Å². The van der Waals surface area contributed by atoms with Crippen LogP contribution in [0.1, 0.15) is 12.1 Å². The molecule has 1 atom stereocenters. The summed E-state index contributed by atoms with van der Waals surface area (Å²) in [6, 6.07) is 9.15. The molecule has 2 heterocycles. The number of rotatable bonds is 7. The molecule has 3 rings (SSSR count). The highest BCUT2D eigenvalue weighted by atomic mass is 16.5. The normalized spacial score (nSPS) is 16.5. The van der Waals surface area contributed by atoms with E-state index < -0.39 is 0 Å². The molecule has 1 aromatic heterocycles. The van der Waals surface area contributed by atoms with E-state index in [0.29, 0.717) is 37.0 Å². The fourth-order valence-electron chi connectivity index (χ4n) is 3.02. The van der Waals surface area contributed by atoms with Crippen molar-refractivity contribution in [3.63, 3.8) is 0 Å². The van der Waals surface area contributed by atoms with Gasteiger partial charge >= 0.3 is 0 Å². The summed E-state index contributed by atoms with van der Waals surface area (Å²) < 4.78 is 12.6. The SMILES string of the molecule is COc1ccccc1OCCN1C[C@H](C(=O)Nc2cc(C)n(C)n2)CC1=O. The quantitative estimate of drug-likeness (QED) is 0.798. The van der Waals surface area contributed by atoms with E-state index in [0.717, 1.165) is 5.69 Å². The number of nitrogens with zero attached hydrogens (tertiary/aromatic N) is 3. The Morgan fingerprint density at radius 3 is 2.74 bits per heavy atom. The molecule has 1 aliphatic rings. The largest absolute Gasteiger partial charge is 0.493 e. The number of para-hydroxylation sites is 2. The van der Waals surface area contributed by atoms with Gasteiger partial charge in [0.1, 0.15) is 6.61 Å². The van der Waals surface area contributed by atoms with Crippen LogP contribution in [0.3, 0.4) is 0 Å². The number of amides is 2. The molecule has 2 amide bonds. The van der Waals surface area contributed by atoms with E-state index in [-0.39, 0.29) is 24.2 Å². The van der Waals surface area contributed by atoms with Gasteiger partial charge in [-0.1, -0.05) is 12.1 Å². The van der Waals surface area contributed by atoms with Gasteiger partial charge in [0.2, 0.25) is 11.8 Å². The third-order valence-electron chi connectivity index (χ3n) is 4.64. The highest BCUT2D eigenvalue weighted by molar-refractivity contribution is 5.96. The number of nitrogens with one attached hydrogen (secondary N) is 1. The van der Waals surface area contributed by atoms with Crippen molar-refractivity contribution in [2.45, 2.75) is 13.3 Å². The summed E-state index contributed by atoms with van der Waals surface area (Å²) in [6.45, 7) is 3.04. The third kappa shape index (κ3) is 4.39. The molecule has 1 saturated heterocycles. The van der Waals surface area contributed by atoms with E-state index in [9.17, 15) is 9.59 Å². The average molecular weight is 372 g/mol. The number of ether oxygens (including phenoxy) is 2. The van der Waals surface area contributed by atoms with Crippen molar-refractivity contribution in [3.8, 4) is 11.5 Å². The maximum atomic E-state index is 12.4. The molecule has 8 heteroatoms. The first-order chi connectivity index (χ1) is 13.0. The van der Waals surface area contributed by atoms with E-state index in [1.165, 1.54) is 0 Å². The maximum absolute atomic E-state index is 12.4. The van der Waals surface area contributed by atoms with Crippen LogP contribution < -0.4 is 14.8 Å². The summed E-state index contributed by atoms with van der Waals surface area (Å²) in [7, 11) is 3.39. The molecule has 27 heavy (non-hydrogen) atoms. The minimum Gasteiger partial charge on any atom is -0.493 e. The van der Waals surface area contributed by atoms with Gasteiger partial charge in [-0.2, -0.15) is 5.10 Å². The molecule has 0 spiro atoms. The molecule has 8 nitrogen and oxygen atoms in total. The second-order valence-corrected chi connectivity index (χ2v) is 6.52. The highest BCUT2D eigenvalue weighted by Crippen LogP contribution is 2.26. The lowest BCUT2D eigenvalue weighted by Crippen LogP contribution is -2.31. The number of aromatic nitrogens is 2. The van der Waals surface area contributed by atoms with Crippen LogP contribution in [0.2, 0.25) is 0 Å². The van der Waals surface area contributed by atoms with Gasteiger partial charge in [-0.05, 0) is 19.1 Å². The van der Waals surface area contributed by atoms with Gasteiger partial charge in [0.05, 0.1) is 19.6 Å². The Hall–Kier alpha value is -3.03. The lowest BCUT2D eigenvalue weighted by Gasteiger charge is -2.17. The lowest BCUT2D eigenvalue weighted by atomic mass is 10.1. The van der Waals surface area contributed by atoms with E-state index in [1.54, 1.807) is 22.8 Å². The molecular weight excluding hydrogens is 348 g/mol. The van der Waals surface area contributed by atoms with Crippen LogP contribution >= 0.6 is 0 Å². The van der Waals surface area contributed by atoms with Gasteiger partial charge in [0.25, 0.3) is 0 Å². The molecule has 0 unspecified atom stereocenters. The smallest absolute Gasteiger partial charge is 0.230 e. The molecule has 1 N–H and O–H groups in total. The number of methoxy groups -OCH3 is 1. The predicted molar refractivity (Wildman–Crippen MR) is 99.8 cm³/mol. The number of carbonyl (C=O) groups is 2. The molecule has 0 saturated carbocycles. The summed E-state index contributed by atoms with van der Waals surface area (Å²) in [5.41, 5.74) is 0.947. The molecular formula is C19H24N4O4. The summed E-state index contributed by atoms with van der Waals surface area (Å²) in [5.74, 6) is 1.17. The molecule has 1 aliphatic heterocycles. The summed E-state index contributed by atoms with van der Waals surface area (Å²) in [4.78, 5) is 26.3. The minimum absolute atomic E-state index is 0.0454. The Morgan fingerprint density at radius 2 is 2.07 bits per heavy atom. The summed E-state index contributed by atoms with van der Waals surface area (Å²) in [6.07, 6.45) is 0.201. The van der Waals surface area contributed by atoms with E-state index >= 15 is 0 Å². The average Bonchev–Trinajstić information content (AvgIpc) is 3.17. The second kappa shape index (κ2) is 8.11. The third-order valence-corrected chi connectivity index (χ3v) is 4.64. The summed E-state index contributed by atoms with van der Waals surface area (Å²) in [5, 5.41) is 7.00. The monoisotopic (exact) mass is 372 g/mol. The molecule has 0 radical (unpaired) electrons.